The van der Waals surface area contributed by atoms with E-state index in [0.717, 1.165) is 11.1 Å². The molecule has 0 saturated carbocycles. The molecule has 1 fully saturated rings. The summed E-state index contributed by atoms with van der Waals surface area (Å²) in [7, 11) is 1.60. The number of nitrogens with one attached hydrogen (secondary N) is 1. The predicted octanol–water partition coefficient (Wildman–Crippen LogP) is 4.54. The lowest BCUT2D eigenvalue weighted by atomic mass is 9.84. The third-order valence-corrected chi connectivity index (χ3v) is 5.07. The Balaban J connectivity index is 1.54. The number of alkyl carbamates (subject to hydrolysis) is 1. The topological polar surface area (TPSA) is 47.6 Å². The van der Waals surface area contributed by atoms with Crippen molar-refractivity contribution in [3.8, 4) is 17.6 Å². The smallest absolute Gasteiger partial charge is 0.408 e. The monoisotopic (exact) mass is 389 g/mol. The lowest BCUT2D eigenvalue weighted by molar-refractivity contribution is 0.126. The number of ether oxygens (including phenoxy) is 2. The Morgan fingerprint density at radius 2 is 2.03 bits per heavy atom. The maximum absolute atomic E-state index is 13.8. The van der Waals surface area contributed by atoms with E-state index in [9.17, 15) is 9.18 Å². The molecule has 0 spiro atoms. The minimum absolute atomic E-state index is 0.00701. The van der Waals surface area contributed by atoms with E-state index in [0.29, 0.717) is 17.7 Å². The van der Waals surface area contributed by atoms with Crippen LogP contribution in [0.2, 0.25) is 0 Å². The van der Waals surface area contributed by atoms with Gasteiger partial charge in [-0.3, -0.25) is 0 Å². The average Bonchev–Trinajstić information content (AvgIpc) is 3.15. The SMILES string of the molecule is COc1cccc(C2OC(=O)NC2C2C=CC=C(C#Cc3ccccc3F)C2)c1. The van der Waals surface area contributed by atoms with Gasteiger partial charge >= 0.3 is 6.09 Å². The Morgan fingerprint density at radius 1 is 1.17 bits per heavy atom. The van der Waals surface area contributed by atoms with E-state index in [-0.39, 0.29) is 17.8 Å². The summed E-state index contributed by atoms with van der Waals surface area (Å²) < 4.78 is 24.6. The maximum atomic E-state index is 13.8. The molecule has 0 radical (unpaired) electrons. The van der Waals surface area contributed by atoms with Gasteiger partial charge in [0.25, 0.3) is 0 Å². The fraction of sp³-hybridized carbons (Fsp3) is 0.208. The molecule has 1 aliphatic heterocycles. The zero-order valence-corrected chi connectivity index (χ0v) is 15.9. The Morgan fingerprint density at radius 3 is 2.86 bits per heavy atom. The standard InChI is InChI=1S/C24H20FNO3/c1-28-20-10-5-9-19(15-20)23-22(26-24(27)29-23)18-8-4-6-16(14-18)12-13-17-7-2-3-11-21(17)25/h2-11,15,18,22-23H,14H2,1H3,(H,26,27). The van der Waals surface area contributed by atoms with Crippen LogP contribution >= 0.6 is 0 Å². The molecule has 3 atom stereocenters. The van der Waals surface area contributed by atoms with Crippen LogP contribution in [0, 0.1) is 23.6 Å². The summed E-state index contributed by atoms with van der Waals surface area (Å²) in [6.45, 7) is 0. The first-order valence-corrected chi connectivity index (χ1v) is 9.39. The molecule has 1 amide bonds. The highest BCUT2D eigenvalue weighted by Crippen LogP contribution is 2.36. The lowest BCUT2D eigenvalue weighted by Crippen LogP contribution is -2.35. The number of rotatable bonds is 3. The molecule has 1 saturated heterocycles. The van der Waals surface area contributed by atoms with Crippen molar-refractivity contribution >= 4 is 6.09 Å². The van der Waals surface area contributed by atoms with Gasteiger partial charge in [-0.1, -0.05) is 54.3 Å². The van der Waals surface area contributed by atoms with Crippen LogP contribution in [0.4, 0.5) is 9.18 Å². The van der Waals surface area contributed by atoms with Gasteiger partial charge in [0.15, 0.2) is 0 Å². The quantitative estimate of drug-likeness (QED) is 0.784. The molecule has 0 aromatic heterocycles. The van der Waals surface area contributed by atoms with Gasteiger partial charge in [0, 0.05) is 11.5 Å². The summed E-state index contributed by atoms with van der Waals surface area (Å²) in [5.41, 5.74) is 2.12. The maximum Gasteiger partial charge on any atom is 0.408 e. The molecular weight excluding hydrogens is 369 g/mol. The van der Waals surface area contributed by atoms with Crippen molar-refractivity contribution in [1.29, 1.82) is 0 Å². The number of amides is 1. The van der Waals surface area contributed by atoms with Gasteiger partial charge in [0.1, 0.15) is 17.7 Å². The molecule has 0 bridgehead atoms. The summed E-state index contributed by atoms with van der Waals surface area (Å²) in [6, 6.07) is 13.7. The average molecular weight is 389 g/mol. The highest BCUT2D eigenvalue weighted by Gasteiger charge is 2.40. The highest BCUT2D eigenvalue weighted by atomic mass is 19.1. The number of hydrogen-bond acceptors (Lipinski definition) is 3. The second kappa shape index (κ2) is 8.24. The van der Waals surface area contributed by atoms with Gasteiger partial charge in [0.2, 0.25) is 0 Å². The van der Waals surface area contributed by atoms with E-state index in [1.165, 1.54) is 6.07 Å². The van der Waals surface area contributed by atoms with Crippen molar-refractivity contribution in [2.24, 2.45) is 5.92 Å². The molecule has 5 heteroatoms. The van der Waals surface area contributed by atoms with Gasteiger partial charge in [-0.15, -0.1) is 0 Å². The first-order valence-electron chi connectivity index (χ1n) is 9.39. The first-order chi connectivity index (χ1) is 14.1. The molecule has 4 rings (SSSR count). The summed E-state index contributed by atoms with van der Waals surface area (Å²) in [5, 5.41) is 2.92. The number of halogens is 1. The van der Waals surface area contributed by atoms with Crippen molar-refractivity contribution in [3.63, 3.8) is 0 Å². The molecule has 2 aromatic carbocycles. The number of carbonyl (C=O) groups is 1. The van der Waals surface area contributed by atoms with Gasteiger partial charge < -0.3 is 14.8 Å². The van der Waals surface area contributed by atoms with Crippen molar-refractivity contribution in [2.45, 2.75) is 18.6 Å². The Hall–Kier alpha value is -3.52. The predicted molar refractivity (Wildman–Crippen MR) is 108 cm³/mol. The van der Waals surface area contributed by atoms with Crippen molar-refractivity contribution in [3.05, 3.63) is 89.3 Å². The van der Waals surface area contributed by atoms with Crippen LogP contribution in [0.1, 0.15) is 23.7 Å². The van der Waals surface area contributed by atoms with Crippen LogP contribution < -0.4 is 10.1 Å². The molecule has 1 N–H and O–H groups in total. The number of allylic oxidation sites excluding steroid dienone is 3. The summed E-state index contributed by atoms with van der Waals surface area (Å²) in [6.07, 6.45) is 5.65. The zero-order chi connectivity index (χ0) is 20.2. The first kappa shape index (κ1) is 18.8. The number of benzene rings is 2. The summed E-state index contributed by atoms with van der Waals surface area (Å²) >= 11 is 0. The van der Waals surface area contributed by atoms with E-state index in [2.05, 4.69) is 17.2 Å². The van der Waals surface area contributed by atoms with Crippen LogP contribution in [0.25, 0.3) is 0 Å². The normalized spacial score (nSPS) is 22.8. The Kier molecular flexibility index (Phi) is 5.35. The lowest BCUT2D eigenvalue weighted by Gasteiger charge is -2.26. The number of cyclic esters (lactones) is 1. The highest BCUT2D eigenvalue weighted by molar-refractivity contribution is 5.71. The van der Waals surface area contributed by atoms with Gasteiger partial charge in [0.05, 0.1) is 18.7 Å². The molecule has 4 nitrogen and oxygen atoms in total. The summed E-state index contributed by atoms with van der Waals surface area (Å²) in [4.78, 5) is 12.0. The van der Waals surface area contributed by atoms with Crippen LogP contribution in [0.3, 0.4) is 0 Å². The molecule has 1 aliphatic carbocycles. The molecule has 146 valence electrons. The van der Waals surface area contributed by atoms with Crippen molar-refractivity contribution in [2.75, 3.05) is 7.11 Å². The Labute approximate surface area is 169 Å². The van der Waals surface area contributed by atoms with E-state index in [1.807, 2.05) is 42.5 Å². The van der Waals surface area contributed by atoms with Gasteiger partial charge in [-0.2, -0.15) is 0 Å². The summed E-state index contributed by atoms with van der Waals surface area (Å²) in [5.74, 6) is 6.34. The van der Waals surface area contributed by atoms with E-state index < -0.39 is 12.2 Å². The third-order valence-electron chi connectivity index (χ3n) is 5.07. The van der Waals surface area contributed by atoms with Gasteiger partial charge in [-0.05, 0) is 36.2 Å². The van der Waals surface area contributed by atoms with E-state index in [4.69, 9.17) is 9.47 Å². The van der Waals surface area contributed by atoms with Crippen molar-refractivity contribution < 1.29 is 18.7 Å². The zero-order valence-electron chi connectivity index (χ0n) is 15.9. The molecule has 3 unspecified atom stereocenters. The number of carbonyl (C=O) groups excluding carboxylic acids is 1. The number of methoxy groups -OCH3 is 1. The van der Waals surface area contributed by atoms with E-state index >= 15 is 0 Å². The van der Waals surface area contributed by atoms with Crippen molar-refractivity contribution in [1.82, 2.24) is 5.32 Å². The number of hydrogen-bond donors (Lipinski definition) is 1. The van der Waals surface area contributed by atoms with Crippen LogP contribution in [-0.4, -0.2) is 19.2 Å². The molecular formula is C24H20FNO3. The Bertz CT molecular complexity index is 1050. The van der Waals surface area contributed by atoms with Crippen LogP contribution in [0.15, 0.2) is 72.3 Å². The minimum atomic E-state index is -0.440. The fourth-order valence-electron chi connectivity index (χ4n) is 3.61. The van der Waals surface area contributed by atoms with Crippen LogP contribution in [0.5, 0.6) is 5.75 Å². The molecule has 1 heterocycles. The van der Waals surface area contributed by atoms with Gasteiger partial charge in [-0.25, -0.2) is 9.18 Å². The molecule has 2 aromatic rings. The molecule has 2 aliphatic rings. The van der Waals surface area contributed by atoms with E-state index in [1.54, 1.807) is 25.3 Å². The third kappa shape index (κ3) is 4.17. The minimum Gasteiger partial charge on any atom is -0.497 e. The largest absolute Gasteiger partial charge is 0.497 e. The second-order valence-corrected chi connectivity index (χ2v) is 6.95. The fourth-order valence-corrected chi connectivity index (χ4v) is 3.61. The van der Waals surface area contributed by atoms with Crippen LogP contribution in [-0.2, 0) is 4.74 Å². The molecule has 29 heavy (non-hydrogen) atoms. The second-order valence-electron chi connectivity index (χ2n) is 6.95.